The second-order valence-corrected chi connectivity index (χ2v) is 4.57. The van der Waals surface area contributed by atoms with Gasteiger partial charge >= 0.3 is 0 Å². The Morgan fingerprint density at radius 3 is 2.38 bits per heavy atom. The van der Waals surface area contributed by atoms with E-state index in [4.69, 9.17) is 0 Å². The van der Waals surface area contributed by atoms with Crippen molar-refractivity contribution >= 4 is 22.7 Å². The average molecular weight is 276 g/mol. The number of aromatic nitrogens is 1. The van der Waals surface area contributed by atoms with Crippen molar-refractivity contribution in [2.45, 2.75) is 0 Å². The van der Waals surface area contributed by atoms with Gasteiger partial charge in [0.2, 0.25) is 0 Å². The third-order valence-corrected chi connectivity index (χ3v) is 3.33. The van der Waals surface area contributed by atoms with Gasteiger partial charge in [0.1, 0.15) is 0 Å². The minimum absolute atomic E-state index is 0.0710. The van der Waals surface area contributed by atoms with Crippen molar-refractivity contribution in [3.63, 3.8) is 0 Å². The van der Waals surface area contributed by atoms with Gasteiger partial charge in [-0.3, -0.25) is 10.1 Å². The van der Waals surface area contributed by atoms with Crippen LogP contribution in [0, 0.1) is 10.1 Å². The molecule has 3 rings (SSSR count). The van der Waals surface area contributed by atoms with E-state index in [1.807, 2.05) is 36.4 Å². The van der Waals surface area contributed by atoms with Crippen molar-refractivity contribution in [2.24, 2.45) is 0 Å². The topological polar surface area (TPSA) is 56.0 Å². The highest BCUT2D eigenvalue weighted by Gasteiger charge is 2.23. The lowest BCUT2D eigenvalue weighted by atomic mass is 9.99. The van der Waals surface area contributed by atoms with Gasteiger partial charge in [0, 0.05) is 0 Å². The molecule has 4 nitrogen and oxygen atoms in total. The molecule has 21 heavy (non-hydrogen) atoms. The number of para-hydroxylation sites is 1. The fourth-order valence-electron chi connectivity index (χ4n) is 2.44. The molecule has 0 radical (unpaired) electrons. The normalized spacial score (nSPS) is 10.5. The fraction of sp³-hybridized carbons (Fsp3) is 0. The monoisotopic (exact) mass is 276 g/mol. The lowest BCUT2D eigenvalue weighted by molar-refractivity contribution is -0.382. The summed E-state index contributed by atoms with van der Waals surface area (Å²) in [5, 5.41) is 12.2. The molecule has 4 heteroatoms. The van der Waals surface area contributed by atoms with Crippen LogP contribution in [0.5, 0.6) is 0 Å². The summed E-state index contributed by atoms with van der Waals surface area (Å²) in [5.74, 6) is 0. The molecule has 1 aromatic heterocycles. The Labute approximate surface area is 121 Å². The van der Waals surface area contributed by atoms with E-state index in [-0.39, 0.29) is 10.6 Å². The number of nitro groups is 1. The summed E-state index contributed by atoms with van der Waals surface area (Å²) in [6.07, 6.45) is 1.56. The third kappa shape index (κ3) is 2.17. The number of pyridine rings is 1. The summed E-state index contributed by atoms with van der Waals surface area (Å²) in [4.78, 5) is 15.8. The Balaban J connectivity index is 2.49. The molecule has 3 aromatic rings. The van der Waals surface area contributed by atoms with Crippen molar-refractivity contribution in [3.8, 4) is 11.1 Å². The van der Waals surface area contributed by atoms with Crippen LogP contribution in [0.15, 0.2) is 61.2 Å². The maximum Gasteiger partial charge on any atom is 0.288 e. The smallest absolute Gasteiger partial charge is 0.258 e. The number of nitrogens with zero attached hydrogens (tertiary/aromatic N) is 2. The molecule has 0 amide bonds. The SMILES string of the molecule is C=Cc1nc2ccccc2c([N+](=O)[O-])c1-c1ccccc1. The number of rotatable bonds is 3. The van der Waals surface area contributed by atoms with Crippen LogP contribution in [-0.2, 0) is 0 Å². The van der Waals surface area contributed by atoms with Crippen molar-refractivity contribution in [1.82, 2.24) is 4.98 Å². The quantitative estimate of drug-likeness (QED) is 0.524. The minimum atomic E-state index is -0.348. The van der Waals surface area contributed by atoms with Gasteiger partial charge in [0.15, 0.2) is 0 Å². The first-order valence-electron chi connectivity index (χ1n) is 6.47. The van der Waals surface area contributed by atoms with E-state index in [1.54, 1.807) is 24.3 Å². The van der Waals surface area contributed by atoms with E-state index in [1.165, 1.54) is 0 Å². The molecule has 0 unspecified atom stereocenters. The average Bonchev–Trinajstić information content (AvgIpc) is 2.53. The lowest BCUT2D eigenvalue weighted by Crippen LogP contribution is -1.99. The van der Waals surface area contributed by atoms with E-state index in [2.05, 4.69) is 11.6 Å². The van der Waals surface area contributed by atoms with Crippen LogP contribution >= 0.6 is 0 Å². The van der Waals surface area contributed by atoms with Gasteiger partial charge in [-0.05, 0) is 23.8 Å². The van der Waals surface area contributed by atoms with Gasteiger partial charge < -0.3 is 0 Å². The standard InChI is InChI=1S/C17H12N2O2/c1-2-14-16(12-8-4-3-5-9-12)17(19(20)21)13-10-6-7-11-15(13)18-14/h2-11H,1H2. The summed E-state index contributed by atoms with van der Waals surface area (Å²) < 4.78 is 0. The zero-order valence-electron chi connectivity index (χ0n) is 11.2. The maximum absolute atomic E-state index is 11.6. The fourth-order valence-corrected chi connectivity index (χ4v) is 2.44. The molecule has 0 saturated carbocycles. The summed E-state index contributed by atoms with van der Waals surface area (Å²) in [6.45, 7) is 3.74. The van der Waals surface area contributed by atoms with Crippen LogP contribution in [-0.4, -0.2) is 9.91 Å². The zero-order chi connectivity index (χ0) is 14.8. The molecule has 0 saturated heterocycles. The second kappa shape index (κ2) is 5.17. The molecule has 2 aromatic carbocycles. The first-order valence-corrected chi connectivity index (χ1v) is 6.47. The van der Waals surface area contributed by atoms with E-state index in [0.717, 1.165) is 5.56 Å². The number of hydrogen-bond acceptors (Lipinski definition) is 3. The summed E-state index contributed by atoms with van der Waals surface area (Å²) in [7, 11) is 0. The molecule has 0 atom stereocenters. The lowest BCUT2D eigenvalue weighted by Gasteiger charge is -2.09. The Hall–Kier alpha value is -3.01. The molecule has 0 bridgehead atoms. The van der Waals surface area contributed by atoms with E-state index >= 15 is 0 Å². The summed E-state index contributed by atoms with van der Waals surface area (Å²) in [5.41, 5.74) is 2.46. The van der Waals surface area contributed by atoms with Crippen LogP contribution in [0.25, 0.3) is 28.1 Å². The van der Waals surface area contributed by atoms with E-state index in [9.17, 15) is 10.1 Å². The van der Waals surface area contributed by atoms with E-state index in [0.29, 0.717) is 22.2 Å². The first-order chi connectivity index (χ1) is 10.2. The van der Waals surface area contributed by atoms with Crippen LogP contribution in [0.3, 0.4) is 0 Å². The highest BCUT2D eigenvalue weighted by atomic mass is 16.6. The van der Waals surface area contributed by atoms with E-state index < -0.39 is 0 Å². The molecule has 0 aliphatic carbocycles. The highest BCUT2D eigenvalue weighted by Crippen LogP contribution is 2.38. The van der Waals surface area contributed by atoms with Gasteiger partial charge in [-0.1, -0.05) is 49.0 Å². The largest absolute Gasteiger partial charge is 0.288 e. The Morgan fingerprint density at radius 1 is 1.05 bits per heavy atom. The predicted molar refractivity (Wildman–Crippen MR) is 83.9 cm³/mol. The van der Waals surface area contributed by atoms with Crippen molar-refractivity contribution in [1.29, 1.82) is 0 Å². The summed E-state index contributed by atoms with van der Waals surface area (Å²) in [6, 6.07) is 16.3. The molecule has 0 spiro atoms. The molecule has 0 N–H and O–H groups in total. The molecular formula is C17H12N2O2. The zero-order valence-corrected chi connectivity index (χ0v) is 11.2. The molecular weight excluding hydrogens is 264 g/mol. The Kier molecular flexibility index (Phi) is 3.20. The molecule has 1 heterocycles. The van der Waals surface area contributed by atoms with Gasteiger partial charge in [0.05, 0.1) is 27.1 Å². The minimum Gasteiger partial charge on any atom is -0.258 e. The number of hydrogen-bond donors (Lipinski definition) is 0. The van der Waals surface area contributed by atoms with Gasteiger partial charge in [-0.15, -0.1) is 0 Å². The summed E-state index contributed by atoms with van der Waals surface area (Å²) >= 11 is 0. The Morgan fingerprint density at radius 2 is 1.71 bits per heavy atom. The van der Waals surface area contributed by atoms with Gasteiger partial charge in [-0.25, -0.2) is 4.98 Å². The Bertz CT molecular complexity index is 842. The highest BCUT2D eigenvalue weighted by molar-refractivity contribution is 5.98. The molecule has 0 fully saturated rings. The van der Waals surface area contributed by atoms with Crippen molar-refractivity contribution in [3.05, 3.63) is 77.0 Å². The number of fused-ring (bicyclic) bond motifs is 1. The van der Waals surface area contributed by atoms with Gasteiger partial charge in [-0.2, -0.15) is 0 Å². The molecule has 0 aliphatic rings. The number of benzene rings is 2. The van der Waals surface area contributed by atoms with Crippen molar-refractivity contribution < 1.29 is 4.92 Å². The predicted octanol–water partition coefficient (Wildman–Crippen LogP) is 4.45. The van der Waals surface area contributed by atoms with Crippen LogP contribution < -0.4 is 0 Å². The van der Waals surface area contributed by atoms with Gasteiger partial charge in [0.25, 0.3) is 5.69 Å². The molecule has 0 aliphatic heterocycles. The first kappa shape index (κ1) is 13.0. The van der Waals surface area contributed by atoms with Crippen LogP contribution in [0.4, 0.5) is 5.69 Å². The molecule has 102 valence electrons. The van der Waals surface area contributed by atoms with Crippen LogP contribution in [0.1, 0.15) is 5.69 Å². The third-order valence-electron chi connectivity index (χ3n) is 3.33. The van der Waals surface area contributed by atoms with Crippen LogP contribution in [0.2, 0.25) is 0 Å². The maximum atomic E-state index is 11.6. The second-order valence-electron chi connectivity index (χ2n) is 4.57. The van der Waals surface area contributed by atoms with Crippen molar-refractivity contribution in [2.75, 3.05) is 0 Å².